The van der Waals surface area contributed by atoms with E-state index in [0.717, 1.165) is 10.4 Å². The van der Waals surface area contributed by atoms with Crippen LogP contribution in [0, 0.1) is 0 Å². The van der Waals surface area contributed by atoms with Gasteiger partial charge in [0, 0.05) is 31.2 Å². The number of carbonyl (C=O) groups excluding carboxylic acids is 2. The van der Waals surface area contributed by atoms with E-state index in [1.54, 1.807) is 6.07 Å². The molecule has 1 saturated heterocycles. The van der Waals surface area contributed by atoms with Crippen molar-refractivity contribution in [1.82, 2.24) is 9.80 Å². The van der Waals surface area contributed by atoms with Crippen LogP contribution in [0.2, 0.25) is 5.02 Å². The Balaban J connectivity index is 1.73. The smallest absolute Gasteiger partial charge is 0.327 e. The van der Waals surface area contributed by atoms with E-state index in [4.69, 9.17) is 16.3 Å². The van der Waals surface area contributed by atoms with Gasteiger partial charge in [-0.1, -0.05) is 35.9 Å². The minimum absolute atomic E-state index is 0.0435. The Morgan fingerprint density at radius 2 is 1.84 bits per heavy atom. The molecular weight excluding hydrogens is 360 g/mol. The lowest BCUT2D eigenvalue weighted by molar-refractivity contribution is -0.148. The third kappa shape index (κ3) is 3.86. The molecule has 1 aromatic heterocycles. The molecule has 1 aliphatic rings. The Kier molecular flexibility index (Phi) is 5.73. The number of piperazine rings is 1. The number of halogens is 1. The van der Waals surface area contributed by atoms with Crippen LogP contribution in [0.3, 0.4) is 0 Å². The quantitative estimate of drug-likeness (QED) is 0.767. The molecule has 1 aliphatic heterocycles. The zero-order chi connectivity index (χ0) is 17.8. The van der Waals surface area contributed by atoms with Crippen LogP contribution in [0.25, 0.3) is 0 Å². The van der Waals surface area contributed by atoms with E-state index >= 15 is 0 Å². The second kappa shape index (κ2) is 7.99. The molecule has 1 aromatic carbocycles. The van der Waals surface area contributed by atoms with E-state index in [0.29, 0.717) is 31.2 Å². The summed E-state index contributed by atoms with van der Waals surface area (Å²) in [5, 5.41) is 2.43. The lowest BCUT2D eigenvalue weighted by atomic mass is 10.0. The van der Waals surface area contributed by atoms with Crippen molar-refractivity contribution in [1.29, 1.82) is 0 Å². The zero-order valence-electron chi connectivity index (χ0n) is 13.9. The molecule has 7 heteroatoms. The first-order valence-corrected chi connectivity index (χ1v) is 9.26. The fraction of sp³-hybridized carbons (Fsp3) is 0.333. The molecule has 3 rings (SSSR count). The first kappa shape index (κ1) is 17.9. The molecule has 25 heavy (non-hydrogen) atoms. The summed E-state index contributed by atoms with van der Waals surface area (Å²) in [7, 11) is 1.38. The van der Waals surface area contributed by atoms with Gasteiger partial charge in [-0.25, -0.2) is 4.79 Å². The standard InChI is InChI=1S/C18H19ClN2O3S/c1-24-18(23)16(13-5-2-3-6-14(13)19)20-8-10-21(11-9-20)17(22)15-7-4-12-25-15/h2-7,12,16H,8-11H2,1H3/t16-/m0/s1. The third-order valence-corrected chi connectivity index (χ3v) is 5.52. The molecular formula is C18H19ClN2O3S. The van der Waals surface area contributed by atoms with Crippen LogP contribution in [0.15, 0.2) is 41.8 Å². The highest BCUT2D eigenvalue weighted by Gasteiger charge is 2.33. The summed E-state index contributed by atoms with van der Waals surface area (Å²) in [6.07, 6.45) is 0. The molecule has 1 amide bonds. The number of rotatable bonds is 4. The average molecular weight is 379 g/mol. The van der Waals surface area contributed by atoms with Gasteiger partial charge in [0.1, 0.15) is 6.04 Å². The van der Waals surface area contributed by atoms with Gasteiger partial charge >= 0.3 is 5.97 Å². The SMILES string of the molecule is COC(=O)[C@H](c1ccccc1Cl)N1CCN(C(=O)c2cccs2)CC1. The van der Waals surface area contributed by atoms with Crippen LogP contribution in [0.4, 0.5) is 0 Å². The van der Waals surface area contributed by atoms with Gasteiger partial charge in [0.05, 0.1) is 12.0 Å². The number of hydrogen-bond donors (Lipinski definition) is 0. The summed E-state index contributed by atoms with van der Waals surface area (Å²) < 4.78 is 4.99. The Hall–Kier alpha value is -1.89. The number of methoxy groups -OCH3 is 1. The van der Waals surface area contributed by atoms with E-state index in [9.17, 15) is 9.59 Å². The van der Waals surface area contributed by atoms with E-state index in [-0.39, 0.29) is 11.9 Å². The van der Waals surface area contributed by atoms with Crippen molar-refractivity contribution in [3.8, 4) is 0 Å². The second-order valence-electron chi connectivity index (χ2n) is 5.75. The van der Waals surface area contributed by atoms with Crippen LogP contribution in [-0.4, -0.2) is 55.0 Å². The van der Waals surface area contributed by atoms with Gasteiger partial charge in [-0.3, -0.25) is 9.69 Å². The predicted octanol–water partition coefficient (Wildman–Crippen LogP) is 3.07. The number of benzene rings is 1. The summed E-state index contributed by atoms with van der Waals surface area (Å²) in [6, 6.07) is 10.4. The fourth-order valence-corrected chi connectivity index (χ4v) is 3.95. The number of esters is 1. The summed E-state index contributed by atoms with van der Waals surface area (Å²) in [4.78, 5) is 29.4. The summed E-state index contributed by atoms with van der Waals surface area (Å²) in [5.74, 6) is -0.298. The first-order valence-electron chi connectivity index (χ1n) is 8.01. The van der Waals surface area contributed by atoms with Gasteiger partial charge in [0.15, 0.2) is 0 Å². The van der Waals surface area contributed by atoms with Crippen LogP contribution in [-0.2, 0) is 9.53 Å². The highest BCUT2D eigenvalue weighted by atomic mass is 35.5. The van der Waals surface area contributed by atoms with Crippen molar-refractivity contribution in [2.45, 2.75) is 6.04 Å². The van der Waals surface area contributed by atoms with Crippen LogP contribution < -0.4 is 0 Å². The molecule has 0 unspecified atom stereocenters. The molecule has 5 nitrogen and oxygen atoms in total. The molecule has 0 saturated carbocycles. The summed E-state index contributed by atoms with van der Waals surface area (Å²) in [5.41, 5.74) is 0.731. The number of carbonyl (C=O) groups is 2. The largest absolute Gasteiger partial charge is 0.468 e. The van der Waals surface area contributed by atoms with E-state index < -0.39 is 6.04 Å². The Labute approximate surface area is 155 Å². The zero-order valence-corrected chi connectivity index (χ0v) is 15.4. The molecule has 132 valence electrons. The van der Waals surface area contributed by atoms with Gasteiger partial charge in [0.2, 0.25) is 0 Å². The van der Waals surface area contributed by atoms with Gasteiger partial charge < -0.3 is 9.64 Å². The van der Waals surface area contributed by atoms with Crippen molar-refractivity contribution in [3.05, 3.63) is 57.2 Å². The van der Waals surface area contributed by atoms with E-state index in [1.807, 2.05) is 45.5 Å². The Morgan fingerprint density at radius 3 is 2.44 bits per heavy atom. The van der Waals surface area contributed by atoms with Crippen molar-refractivity contribution >= 4 is 34.8 Å². The maximum Gasteiger partial charge on any atom is 0.327 e. The molecule has 0 spiro atoms. The van der Waals surface area contributed by atoms with Crippen molar-refractivity contribution in [2.75, 3.05) is 33.3 Å². The molecule has 0 radical (unpaired) electrons. The van der Waals surface area contributed by atoms with Gasteiger partial charge in [-0.05, 0) is 23.1 Å². The maximum atomic E-state index is 12.5. The Morgan fingerprint density at radius 1 is 1.12 bits per heavy atom. The van der Waals surface area contributed by atoms with Crippen molar-refractivity contribution in [2.24, 2.45) is 0 Å². The maximum absolute atomic E-state index is 12.5. The third-order valence-electron chi connectivity index (χ3n) is 4.32. The minimum Gasteiger partial charge on any atom is -0.468 e. The number of ether oxygens (including phenoxy) is 1. The highest BCUT2D eigenvalue weighted by Crippen LogP contribution is 2.29. The predicted molar refractivity (Wildman–Crippen MR) is 98.0 cm³/mol. The molecule has 2 aromatic rings. The minimum atomic E-state index is -0.558. The van der Waals surface area contributed by atoms with Gasteiger partial charge in [-0.2, -0.15) is 0 Å². The molecule has 2 heterocycles. The lowest BCUT2D eigenvalue weighted by Gasteiger charge is -2.38. The van der Waals surface area contributed by atoms with Gasteiger partial charge in [-0.15, -0.1) is 11.3 Å². The van der Waals surface area contributed by atoms with Gasteiger partial charge in [0.25, 0.3) is 5.91 Å². The molecule has 0 bridgehead atoms. The van der Waals surface area contributed by atoms with Crippen molar-refractivity contribution < 1.29 is 14.3 Å². The second-order valence-corrected chi connectivity index (χ2v) is 7.11. The van der Waals surface area contributed by atoms with E-state index in [2.05, 4.69) is 0 Å². The van der Waals surface area contributed by atoms with E-state index in [1.165, 1.54) is 18.4 Å². The molecule has 1 atom stereocenters. The first-order chi connectivity index (χ1) is 12.1. The van der Waals surface area contributed by atoms with Crippen LogP contribution in [0.5, 0.6) is 0 Å². The van der Waals surface area contributed by atoms with Crippen LogP contribution >= 0.6 is 22.9 Å². The fourth-order valence-electron chi connectivity index (χ4n) is 3.02. The number of amides is 1. The van der Waals surface area contributed by atoms with Crippen LogP contribution in [0.1, 0.15) is 21.3 Å². The number of thiophene rings is 1. The molecule has 0 aliphatic carbocycles. The molecule has 1 fully saturated rings. The summed E-state index contributed by atoms with van der Waals surface area (Å²) >= 11 is 7.73. The highest BCUT2D eigenvalue weighted by molar-refractivity contribution is 7.12. The normalized spacial score (nSPS) is 16.5. The number of nitrogens with zero attached hydrogens (tertiary/aromatic N) is 2. The monoisotopic (exact) mass is 378 g/mol. The topological polar surface area (TPSA) is 49.9 Å². The number of hydrogen-bond acceptors (Lipinski definition) is 5. The lowest BCUT2D eigenvalue weighted by Crippen LogP contribution is -2.51. The average Bonchev–Trinajstić information content (AvgIpc) is 3.18. The molecule has 0 N–H and O–H groups in total. The Bertz CT molecular complexity index is 743. The van der Waals surface area contributed by atoms with Crippen molar-refractivity contribution in [3.63, 3.8) is 0 Å². The summed E-state index contributed by atoms with van der Waals surface area (Å²) in [6.45, 7) is 2.30.